The zero-order chi connectivity index (χ0) is 19.8. The van der Waals surface area contributed by atoms with E-state index in [1.165, 1.54) is 11.8 Å². The number of carbonyl (C=O) groups excluding carboxylic acids is 2. The van der Waals surface area contributed by atoms with Crippen LogP contribution in [0.2, 0.25) is 0 Å². The molecule has 1 fully saturated rings. The Morgan fingerprint density at radius 2 is 2.04 bits per heavy atom. The number of aliphatic carboxylic acids is 1. The molecule has 0 unspecified atom stereocenters. The molecule has 1 heterocycles. The summed E-state index contributed by atoms with van der Waals surface area (Å²) in [6.45, 7) is 0.00258. The number of carboxylic acids is 1. The van der Waals surface area contributed by atoms with E-state index in [0.29, 0.717) is 12.2 Å². The van der Waals surface area contributed by atoms with Crippen molar-refractivity contribution in [2.24, 2.45) is 0 Å². The molecular weight excluding hydrogens is 372 g/mol. The first kappa shape index (κ1) is 21.0. The average molecular weight is 396 g/mol. The van der Waals surface area contributed by atoms with Crippen LogP contribution < -0.4 is 5.32 Å². The van der Waals surface area contributed by atoms with Crippen molar-refractivity contribution in [1.82, 2.24) is 10.2 Å². The van der Waals surface area contributed by atoms with Crippen molar-refractivity contribution in [3.8, 4) is 0 Å². The van der Waals surface area contributed by atoms with E-state index in [4.69, 9.17) is 4.74 Å². The number of β-amino-alcohol motifs (C(OH)–C–C–N with tert-alkyl or cyclic N) is 1. The van der Waals surface area contributed by atoms with Gasteiger partial charge in [-0.3, -0.25) is 4.79 Å². The number of alkyl carbamates (subject to hydrolysis) is 1. The molecule has 0 bridgehead atoms. The molecule has 3 atom stereocenters. The molecule has 8 nitrogen and oxygen atoms in total. The van der Waals surface area contributed by atoms with Crippen LogP contribution in [0.5, 0.6) is 0 Å². The number of aliphatic hydroxyl groups is 1. The Balaban J connectivity index is 1.99. The summed E-state index contributed by atoms with van der Waals surface area (Å²) in [7, 11) is 0. The van der Waals surface area contributed by atoms with E-state index in [9.17, 15) is 24.6 Å². The third-order valence-electron chi connectivity index (χ3n) is 4.26. The number of nitrogens with one attached hydrogen (secondary N) is 1. The second kappa shape index (κ2) is 10.2. The van der Waals surface area contributed by atoms with Crippen LogP contribution in [0.3, 0.4) is 0 Å². The highest BCUT2D eigenvalue weighted by Gasteiger charge is 2.41. The van der Waals surface area contributed by atoms with Crippen LogP contribution in [-0.4, -0.2) is 69.8 Å². The van der Waals surface area contributed by atoms with Gasteiger partial charge in [0.1, 0.15) is 18.7 Å². The lowest BCUT2D eigenvalue weighted by molar-refractivity contribution is -0.149. The van der Waals surface area contributed by atoms with E-state index < -0.39 is 36.2 Å². The number of ether oxygens (including phenoxy) is 1. The van der Waals surface area contributed by atoms with Crippen molar-refractivity contribution in [2.75, 3.05) is 18.6 Å². The average Bonchev–Trinajstić information content (AvgIpc) is 3.06. The van der Waals surface area contributed by atoms with Gasteiger partial charge < -0.3 is 25.2 Å². The third kappa shape index (κ3) is 6.14. The molecule has 9 heteroatoms. The topological polar surface area (TPSA) is 116 Å². The summed E-state index contributed by atoms with van der Waals surface area (Å²) >= 11 is 1.51. The van der Waals surface area contributed by atoms with Crippen molar-refractivity contribution in [1.29, 1.82) is 0 Å². The number of carboxylic acid groups (broad SMARTS) is 1. The van der Waals surface area contributed by atoms with E-state index in [0.717, 1.165) is 10.5 Å². The monoisotopic (exact) mass is 396 g/mol. The van der Waals surface area contributed by atoms with Crippen molar-refractivity contribution in [2.45, 2.75) is 37.6 Å². The van der Waals surface area contributed by atoms with E-state index in [1.54, 1.807) is 0 Å². The lowest BCUT2D eigenvalue weighted by Crippen LogP contribution is -2.52. The number of rotatable bonds is 8. The molecular formula is C18H24N2O6S. The summed E-state index contributed by atoms with van der Waals surface area (Å²) in [5.41, 5.74) is 0.813. The third-order valence-corrected chi connectivity index (χ3v) is 4.90. The summed E-state index contributed by atoms with van der Waals surface area (Å²) in [5.74, 6) is -1.09. The Labute approximate surface area is 161 Å². The number of amides is 2. The summed E-state index contributed by atoms with van der Waals surface area (Å²) in [6, 6.07) is 7.13. The molecule has 2 rings (SSSR count). The van der Waals surface area contributed by atoms with Gasteiger partial charge >= 0.3 is 12.1 Å². The predicted molar refractivity (Wildman–Crippen MR) is 100 cm³/mol. The second-order valence-electron chi connectivity index (χ2n) is 6.27. The summed E-state index contributed by atoms with van der Waals surface area (Å²) in [5, 5.41) is 21.6. The molecule has 0 radical (unpaired) electrons. The maximum absolute atomic E-state index is 12.8. The Kier molecular flexibility index (Phi) is 7.93. The number of likely N-dealkylation sites (tertiary alicyclic amines) is 1. The minimum Gasteiger partial charge on any atom is -0.480 e. The highest BCUT2D eigenvalue weighted by atomic mass is 32.2. The van der Waals surface area contributed by atoms with Crippen molar-refractivity contribution in [3.63, 3.8) is 0 Å². The maximum Gasteiger partial charge on any atom is 0.408 e. The van der Waals surface area contributed by atoms with Crippen LogP contribution in [0, 0.1) is 0 Å². The van der Waals surface area contributed by atoms with E-state index in [1.807, 2.05) is 36.6 Å². The van der Waals surface area contributed by atoms with Gasteiger partial charge in [0, 0.05) is 13.0 Å². The van der Waals surface area contributed by atoms with Crippen molar-refractivity contribution < 1.29 is 29.3 Å². The van der Waals surface area contributed by atoms with Gasteiger partial charge in [0.2, 0.25) is 5.91 Å². The summed E-state index contributed by atoms with van der Waals surface area (Å²) in [6.07, 6.45) is 0.550. The smallest absolute Gasteiger partial charge is 0.408 e. The standard InChI is InChI=1S/C18H24N2O6S/c1-27-8-7-14(16(22)20-10-13(21)9-15(20)17(23)24)19-18(25)26-11-12-5-3-2-4-6-12/h2-6,13-15,21H,7-11H2,1H3,(H,19,25)(H,23,24)/t13-,14-,15+/m0/s1. The zero-order valence-corrected chi connectivity index (χ0v) is 15.9. The fraction of sp³-hybridized carbons (Fsp3) is 0.500. The molecule has 148 valence electrons. The first-order valence-corrected chi connectivity index (χ1v) is 9.99. The SMILES string of the molecule is CSCC[C@H](NC(=O)OCc1ccccc1)C(=O)N1C[C@@H](O)C[C@@H]1C(=O)O. The normalized spacial score (nSPS) is 20.1. The number of hydrogen-bond acceptors (Lipinski definition) is 6. The minimum absolute atomic E-state index is 0.0191. The Morgan fingerprint density at radius 1 is 1.33 bits per heavy atom. The molecule has 0 spiro atoms. The van der Waals surface area contributed by atoms with Gasteiger partial charge in [-0.05, 0) is 24.0 Å². The number of hydrogen-bond donors (Lipinski definition) is 3. The van der Waals surface area contributed by atoms with Gasteiger partial charge in [-0.15, -0.1) is 0 Å². The van der Waals surface area contributed by atoms with Crippen LogP contribution in [0.25, 0.3) is 0 Å². The molecule has 1 aromatic rings. The molecule has 1 aliphatic rings. The fourth-order valence-corrected chi connectivity index (χ4v) is 3.36. The molecule has 1 aromatic carbocycles. The molecule has 0 aliphatic carbocycles. The first-order valence-electron chi connectivity index (χ1n) is 8.60. The highest BCUT2D eigenvalue weighted by Crippen LogP contribution is 2.20. The Morgan fingerprint density at radius 3 is 2.67 bits per heavy atom. The van der Waals surface area contributed by atoms with Crippen LogP contribution in [0.1, 0.15) is 18.4 Å². The van der Waals surface area contributed by atoms with Crippen LogP contribution >= 0.6 is 11.8 Å². The molecule has 2 amide bonds. The lowest BCUT2D eigenvalue weighted by atomic mass is 10.1. The number of benzene rings is 1. The molecule has 27 heavy (non-hydrogen) atoms. The molecule has 0 aromatic heterocycles. The van der Waals surface area contributed by atoms with Crippen LogP contribution in [0.4, 0.5) is 4.79 Å². The van der Waals surface area contributed by atoms with Crippen LogP contribution in [0.15, 0.2) is 30.3 Å². The van der Waals surface area contributed by atoms with Gasteiger partial charge in [-0.25, -0.2) is 9.59 Å². The van der Waals surface area contributed by atoms with Gasteiger partial charge in [0.15, 0.2) is 0 Å². The van der Waals surface area contributed by atoms with E-state index >= 15 is 0 Å². The Bertz CT molecular complexity index is 657. The second-order valence-corrected chi connectivity index (χ2v) is 7.26. The molecule has 3 N–H and O–H groups in total. The molecule has 0 saturated carbocycles. The lowest BCUT2D eigenvalue weighted by Gasteiger charge is -2.27. The van der Waals surface area contributed by atoms with Gasteiger partial charge in [0.05, 0.1) is 6.10 Å². The summed E-state index contributed by atoms with van der Waals surface area (Å²) in [4.78, 5) is 37.4. The number of nitrogens with zero attached hydrogens (tertiary/aromatic N) is 1. The van der Waals surface area contributed by atoms with Crippen LogP contribution in [-0.2, 0) is 20.9 Å². The van der Waals surface area contributed by atoms with E-state index in [2.05, 4.69) is 5.32 Å². The van der Waals surface area contributed by atoms with Gasteiger partial charge in [0.25, 0.3) is 0 Å². The first-order chi connectivity index (χ1) is 12.9. The number of carbonyl (C=O) groups is 3. The van der Waals surface area contributed by atoms with Crippen molar-refractivity contribution in [3.05, 3.63) is 35.9 Å². The van der Waals surface area contributed by atoms with Crippen molar-refractivity contribution >= 4 is 29.7 Å². The fourth-order valence-electron chi connectivity index (χ4n) is 2.89. The molecule has 1 saturated heterocycles. The number of thioether (sulfide) groups is 1. The highest BCUT2D eigenvalue weighted by molar-refractivity contribution is 7.98. The summed E-state index contributed by atoms with van der Waals surface area (Å²) < 4.78 is 5.15. The van der Waals surface area contributed by atoms with Gasteiger partial charge in [-0.2, -0.15) is 11.8 Å². The predicted octanol–water partition coefficient (Wildman–Crippen LogP) is 1.08. The largest absolute Gasteiger partial charge is 0.480 e. The maximum atomic E-state index is 12.8. The van der Waals surface area contributed by atoms with E-state index in [-0.39, 0.29) is 19.6 Å². The zero-order valence-electron chi connectivity index (χ0n) is 15.0. The molecule has 1 aliphatic heterocycles. The quantitative estimate of drug-likeness (QED) is 0.602. The minimum atomic E-state index is -1.17. The van der Waals surface area contributed by atoms with Gasteiger partial charge in [-0.1, -0.05) is 30.3 Å². The Hall–Kier alpha value is -2.26. The number of aliphatic hydroxyl groups excluding tert-OH is 1.